The molecule has 0 amide bonds. The van der Waals surface area contributed by atoms with E-state index in [1.807, 2.05) is 0 Å². The van der Waals surface area contributed by atoms with Crippen LogP contribution in [0.2, 0.25) is 5.15 Å². The lowest BCUT2D eigenvalue weighted by Gasteiger charge is -2.21. The fourth-order valence-electron chi connectivity index (χ4n) is 2.12. The second-order valence-electron chi connectivity index (χ2n) is 5.78. The maximum atomic E-state index is 6.31. The number of aryl methyl sites for hydroxylation is 2. The molecule has 2 aromatic rings. The monoisotopic (exact) mass is 325 g/mol. The summed E-state index contributed by atoms with van der Waals surface area (Å²) in [7, 11) is 0. The minimum absolute atomic E-state index is 0.00206. The van der Waals surface area contributed by atoms with Gasteiger partial charge in [0.15, 0.2) is 0 Å². The van der Waals surface area contributed by atoms with E-state index in [0.717, 1.165) is 15.6 Å². The molecular weight excluding hydrogens is 310 g/mol. The Labute approximate surface area is 122 Å². The maximum absolute atomic E-state index is 6.31. The van der Waals surface area contributed by atoms with Crippen LogP contribution in [0.15, 0.2) is 16.6 Å². The number of aromatic nitrogens is 1. The summed E-state index contributed by atoms with van der Waals surface area (Å²) >= 11 is 9.94. The molecule has 0 aliphatic carbocycles. The maximum Gasteiger partial charge on any atom is 0.133 e. The highest BCUT2D eigenvalue weighted by molar-refractivity contribution is 9.10. The van der Waals surface area contributed by atoms with Crippen molar-refractivity contribution in [3.8, 4) is 0 Å². The van der Waals surface area contributed by atoms with Crippen LogP contribution in [0.5, 0.6) is 0 Å². The predicted molar refractivity (Wildman–Crippen MR) is 82.6 cm³/mol. The highest BCUT2D eigenvalue weighted by atomic mass is 79.9. The van der Waals surface area contributed by atoms with Crippen LogP contribution in [0, 0.1) is 13.8 Å². The van der Waals surface area contributed by atoms with E-state index in [4.69, 9.17) is 11.6 Å². The Morgan fingerprint density at radius 2 is 1.78 bits per heavy atom. The fourth-order valence-corrected chi connectivity index (χ4v) is 2.88. The topological polar surface area (TPSA) is 12.9 Å². The van der Waals surface area contributed by atoms with E-state index in [1.54, 1.807) is 0 Å². The zero-order chi connectivity index (χ0) is 13.7. The first-order chi connectivity index (χ1) is 8.21. The molecule has 0 saturated carbocycles. The second kappa shape index (κ2) is 4.50. The lowest BCUT2D eigenvalue weighted by Crippen LogP contribution is -2.12. The summed E-state index contributed by atoms with van der Waals surface area (Å²) in [5.41, 5.74) is 4.47. The molecule has 1 aromatic carbocycles. The molecule has 0 aliphatic heterocycles. The van der Waals surface area contributed by atoms with E-state index in [-0.39, 0.29) is 5.41 Å². The molecule has 0 unspecified atom stereocenters. The molecule has 1 aromatic heterocycles. The van der Waals surface area contributed by atoms with Gasteiger partial charge in [-0.25, -0.2) is 4.98 Å². The van der Waals surface area contributed by atoms with E-state index in [9.17, 15) is 0 Å². The number of pyridine rings is 1. The van der Waals surface area contributed by atoms with Crippen molar-refractivity contribution in [3.63, 3.8) is 0 Å². The molecule has 0 fully saturated rings. The summed E-state index contributed by atoms with van der Waals surface area (Å²) in [4.78, 5) is 4.55. The molecule has 0 N–H and O–H groups in total. The Bertz CT molecular complexity index is 627. The third kappa shape index (κ3) is 2.28. The zero-order valence-corrected chi connectivity index (χ0v) is 13.7. The lowest BCUT2D eigenvalue weighted by atomic mass is 9.87. The van der Waals surface area contributed by atoms with Crippen molar-refractivity contribution in [1.82, 2.24) is 4.98 Å². The van der Waals surface area contributed by atoms with Crippen molar-refractivity contribution in [3.05, 3.63) is 38.4 Å². The van der Waals surface area contributed by atoms with Gasteiger partial charge in [-0.3, -0.25) is 0 Å². The molecule has 96 valence electrons. The van der Waals surface area contributed by atoms with Crippen LogP contribution in [0.4, 0.5) is 0 Å². The highest BCUT2D eigenvalue weighted by Crippen LogP contribution is 2.35. The summed E-state index contributed by atoms with van der Waals surface area (Å²) in [5.74, 6) is 0. The first kappa shape index (κ1) is 13.8. The Morgan fingerprint density at radius 1 is 1.17 bits per heavy atom. The van der Waals surface area contributed by atoms with E-state index >= 15 is 0 Å². The summed E-state index contributed by atoms with van der Waals surface area (Å²) in [6.45, 7) is 10.6. The van der Waals surface area contributed by atoms with Crippen LogP contribution in [-0.2, 0) is 5.41 Å². The molecule has 18 heavy (non-hydrogen) atoms. The van der Waals surface area contributed by atoms with Crippen LogP contribution in [0.25, 0.3) is 10.9 Å². The molecule has 3 heteroatoms. The molecule has 2 rings (SSSR count). The van der Waals surface area contributed by atoms with Crippen molar-refractivity contribution >= 4 is 38.4 Å². The van der Waals surface area contributed by atoms with E-state index in [0.29, 0.717) is 5.15 Å². The summed E-state index contributed by atoms with van der Waals surface area (Å²) in [6.07, 6.45) is 0. The molecule has 0 bridgehead atoms. The SMILES string of the molecule is Cc1cc2nc(Cl)c(C(C)(C)C)cc2c(C)c1Br. The standard InChI is InChI=1S/C15H17BrClN/c1-8-6-12-10(9(2)13(8)16)7-11(14(17)18-12)15(3,4)5/h6-7H,1-5H3. The second-order valence-corrected chi connectivity index (χ2v) is 6.93. The number of rotatable bonds is 0. The van der Waals surface area contributed by atoms with E-state index in [2.05, 4.69) is 67.7 Å². The molecule has 1 nitrogen and oxygen atoms in total. The largest absolute Gasteiger partial charge is 0.236 e. The lowest BCUT2D eigenvalue weighted by molar-refractivity contribution is 0.589. The third-order valence-corrected chi connectivity index (χ3v) is 4.75. The number of nitrogens with zero attached hydrogens (tertiary/aromatic N) is 1. The van der Waals surface area contributed by atoms with Gasteiger partial charge in [-0.1, -0.05) is 48.3 Å². The van der Waals surface area contributed by atoms with Crippen LogP contribution < -0.4 is 0 Å². The fraction of sp³-hybridized carbons (Fsp3) is 0.400. The van der Waals surface area contributed by atoms with Gasteiger partial charge in [-0.05, 0) is 48.1 Å². The third-order valence-electron chi connectivity index (χ3n) is 3.25. The number of halogens is 2. The van der Waals surface area contributed by atoms with Gasteiger partial charge in [0, 0.05) is 9.86 Å². The van der Waals surface area contributed by atoms with Crippen LogP contribution in [0.3, 0.4) is 0 Å². The molecule has 0 radical (unpaired) electrons. The molecule has 0 atom stereocenters. The van der Waals surface area contributed by atoms with Gasteiger partial charge in [0.1, 0.15) is 5.15 Å². The van der Waals surface area contributed by atoms with Crippen molar-refractivity contribution in [1.29, 1.82) is 0 Å². The number of hydrogen-bond donors (Lipinski definition) is 0. The van der Waals surface area contributed by atoms with Crippen molar-refractivity contribution in [2.24, 2.45) is 0 Å². The quantitative estimate of drug-likeness (QED) is 0.577. The Morgan fingerprint density at radius 3 is 2.33 bits per heavy atom. The summed E-state index contributed by atoms with van der Waals surface area (Å²) < 4.78 is 1.15. The van der Waals surface area contributed by atoms with Crippen molar-refractivity contribution in [2.75, 3.05) is 0 Å². The van der Waals surface area contributed by atoms with Crippen LogP contribution >= 0.6 is 27.5 Å². The van der Waals surface area contributed by atoms with Gasteiger partial charge < -0.3 is 0 Å². The first-order valence-corrected chi connectivity index (χ1v) is 7.15. The van der Waals surface area contributed by atoms with Crippen LogP contribution in [0.1, 0.15) is 37.5 Å². The molecule has 0 saturated heterocycles. The van der Waals surface area contributed by atoms with E-state index < -0.39 is 0 Å². The van der Waals surface area contributed by atoms with E-state index in [1.165, 1.54) is 16.5 Å². The van der Waals surface area contributed by atoms with Gasteiger partial charge in [0.05, 0.1) is 5.52 Å². The van der Waals surface area contributed by atoms with Gasteiger partial charge in [0.2, 0.25) is 0 Å². The average molecular weight is 327 g/mol. The summed E-state index contributed by atoms with van der Waals surface area (Å²) in [6, 6.07) is 4.24. The number of benzene rings is 1. The highest BCUT2D eigenvalue weighted by Gasteiger charge is 2.20. The number of hydrogen-bond acceptors (Lipinski definition) is 1. The van der Waals surface area contributed by atoms with Crippen molar-refractivity contribution in [2.45, 2.75) is 40.0 Å². The summed E-state index contributed by atoms with van der Waals surface area (Å²) in [5, 5.41) is 1.78. The Kier molecular flexibility index (Phi) is 3.46. The number of fused-ring (bicyclic) bond motifs is 1. The van der Waals surface area contributed by atoms with Gasteiger partial charge in [0.25, 0.3) is 0 Å². The molecule has 0 aliphatic rings. The molecule has 1 heterocycles. The zero-order valence-electron chi connectivity index (χ0n) is 11.4. The van der Waals surface area contributed by atoms with Gasteiger partial charge in [-0.2, -0.15) is 0 Å². The smallest absolute Gasteiger partial charge is 0.133 e. The molecule has 0 spiro atoms. The first-order valence-electron chi connectivity index (χ1n) is 5.98. The minimum Gasteiger partial charge on any atom is -0.236 e. The average Bonchev–Trinajstić information content (AvgIpc) is 2.24. The van der Waals surface area contributed by atoms with Crippen molar-refractivity contribution < 1.29 is 0 Å². The van der Waals surface area contributed by atoms with Gasteiger partial charge >= 0.3 is 0 Å². The van der Waals surface area contributed by atoms with Crippen LogP contribution in [-0.4, -0.2) is 4.98 Å². The normalized spacial score (nSPS) is 12.2. The minimum atomic E-state index is 0.00206. The predicted octanol–water partition coefficient (Wildman–Crippen LogP) is 5.57. The Balaban J connectivity index is 2.86. The molecular formula is C15H17BrClN. The Hall–Kier alpha value is -0.600. The van der Waals surface area contributed by atoms with Gasteiger partial charge in [-0.15, -0.1) is 0 Å².